The Kier molecular flexibility index (Phi) is 14.1. The topological polar surface area (TPSA) is 202 Å². The van der Waals surface area contributed by atoms with Gasteiger partial charge in [0.05, 0.1) is 35.9 Å². The Balaban J connectivity index is 0.000000138. The van der Waals surface area contributed by atoms with Crippen molar-refractivity contribution in [1.82, 2.24) is 29.5 Å². The molecular weight excluding hydrogens is 909 g/mol. The number of Topliss-reactive ketones (excluding diaryl/α,β-unsaturated/α-hetero) is 1. The molecule has 7 N–H and O–H groups in total. The Hall–Kier alpha value is -7.36. The number of nitrogens with one attached hydrogen (secondary N) is 4. The highest BCUT2D eigenvalue weighted by Gasteiger charge is 2.23. The van der Waals surface area contributed by atoms with Crippen molar-refractivity contribution in [2.45, 2.75) is 72.5 Å². The first-order chi connectivity index (χ1) is 32.4. The van der Waals surface area contributed by atoms with Crippen LogP contribution in [-0.4, -0.2) is 63.2 Å². The summed E-state index contributed by atoms with van der Waals surface area (Å²) in [6.07, 6.45) is 3.56. The van der Waals surface area contributed by atoms with Crippen molar-refractivity contribution in [1.29, 1.82) is 0 Å². The number of anilines is 2. The summed E-state index contributed by atoms with van der Waals surface area (Å²) in [4.78, 5) is 32.2. The van der Waals surface area contributed by atoms with Crippen molar-refractivity contribution < 1.29 is 20.1 Å². The molecule has 4 heterocycles. The number of aliphatic hydroxyl groups is 1. The summed E-state index contributed by atoms with van der Waals surface area (Å²) >= 11 is 3.39. The number of azo groups is 1. The maximum absolute atomic E-state index is 12.2. The first-order valence-corrected chi connectivity index (χ1v) is 23.0. The maximum atomic E-state index is 12.2. The number of para-hydroxylation sites is 1. The number of rotatable bonds is 10. The van der Waals surface area contributed by atoms with Gasteiger partial charge in [0, 0.05) is 57.3 Å². The Morgan fingerprint density at radius 2 is 1.60 bits per heavy atom. The summed E-state index contributed by atoms with van der Waals surface area (Å²) in [5.74, 6) is 1.56. The molecule has 4 aromatic heterocycles. The lowest BCUT2D eigenvalue weighted by Gasteiger charge is -2.16. The summed E-state index contributed by atoms with van der Waals surface area (Å²) < 4.78 is 2.92. The third kappa shape index (κ3) is 10.5. The molecule has 0 amide bonds. The lowest BCUT2D eigenvalue weighted by Crippen LogP contribution is -2.24. The molecule has 0 unspecified atom stereocenters. The molecular formula is C52H53BrN10O4. The van der Waals surface area contributed by atoms with Gasteiger partial charge in [-0.25, -0.2) is 4.98 Å². The number of carbonyl (C=O) groups excluding carboxylic acids is 1. The van der Waals surface area contributed by atoms with E-state index < -0.39 is 0 Å². The molecule has 5 aromatic carbocycles. The van der Waals surface area contributed by atoms with Crippen molar-refractivity contribution in [2.75, 3.05) is 17.2 Å². The molecule has 10 rings (SSSR count). The third-order valence-electron chi connectivity index (χ3n) is 11.6. The van der Waals surface area contributed by atoms with Crippen LogP contribution in [0.3, 0.4) is 0 Å². The molecule has 0 saturated heterocycles. The van der Waals surface area contributed by atoms with Gasteiger partial charge in [0.1, 0.15) is 11.5 Å². The van der Waals surface area contributed by atoms with Gasteiger partial charge in [0.15, 0.2) is 22.7 Å². The van der Waals surface area contributed by atoms with Crippen molar-refractivity contribution in [3.8, 4) is 22.9 Å². The fraction of sp³-hybridized carbons (Fsp3) is 0.231. The van der Waals surface area contributed by atoms with Crippen molar-refractivity contribution in [2.24, 2.45) is 10.2 Å². The molecule has 0 saturated carbocycles. The number of benzene rings is 5. The van der Waals surface area contributed by atoms with Crippen molar-refractivity contribution in [3.05, 3.63) is 148 Å². The maximum Gasteiger partial charge on any atom is 0.227 e. The molecule has 67 heavy (non-hydrogen) atoms. The van der Waals surface area contributed by atoms with Gasteiger partial charge in [-0.2, -0.15) is 15.1 Å². The van der Waals surface area contributed by atoms with E-state index in [4.69, 9.17) is 0 Å². The zero-order chi connectivity index (χ0) is 47.2. The number of hydrogen-bond acceptors (Lipinski definition) is 11. The van der Waals surface area contributed by atoms with Gasteiger partial charge in [-0.15, -0.1) is 5.11 Å². The summed E-state index contributed by atoms with van der Waals surface area (Å²) in [5.41, 5.74) is 12.2. The van der Waals surface area contributed by atoms with Gasteiger partial charge >= 0.3 is 0 Å². The SMILES string of the molecule is CC[C@H](CO)Nc1nc(NCc2ccccc2O)c2ncn(C(C)C)c2n1.Cc1ccc(N=Nc2c(O)[nH]c3cc(Br)ccc23)cc1.Cc1ccc2[nH]c3c(c2c1)CC(=O)Cc1ccccc1-3. The number of aryl methyl sites for hydroxylation is 2. The summed E-state index contributed by atoms with van der Waals surface area (Å²) in [6.45, 7) is 10.6. The number of carbonyl (C=O) groups is 1. The molecule has 1 atom stereocenters. The van der Waals surface area contributed by atoms with Crippen LogP contribution in [0.4, 0.5) is 23.1 Å². The molecule has 14 nitrogen and oxygen atoms in total. The van der Waals surface area contributed by atoms with E-state index in [9.17, 15) is 20.1 Å². The molecule has 342 valence electrons. The van der Waals surface area contributed by atoms with Crippen LogP contribution in [0.25, 0.3) is 44.2 Å². The van der Waals surface area contributed by atoms with Crippen molar-refractivity contribution in [3.63, 3.8) is 0 Å². The smallest absolute Gasteiger partial charge is 0.227 e. The fourth-order valence-electron chi connectivity index (χ4n) is 7.91. The average molecular weight is 962 g/mol. The minimum Gasteiger partial charge on any atom is -0.508 e. The number of aromatic hydroxyl groups is 2. The lowest BCUT2D eigenvalue weighted by atomic mass is 10.0. The van der Waals surface area contributed by atoms with E-state index in [1.807, 2.05) is 85.1 Å². The van der Waals surface area contributed by atoms with Gasteiger partial charge in [0.2, 0.25) is 11.8 Å². The van der Waals surface area contributed by atoms with Crippen LogP contribution >= 0.6 is 15.9 Å². The molecule has 9 aromatic rings. The number of imidazole rings is 1. The molecule has 0 aliphatic heterocycles. The van der Waals surface area contributed by atoms with E-state index in [0.717, 1.165) is 61.0 Å². The van der Waals surface area contributed by atoms with Gasteiger partial charge in [-0.1, -0.05) is 94.6 Å². The van der Waals surface area contributed by atoms with Crippen LogP contribution in [0.15, 0.2) is 130 Å². The normalized spacial score (nSPS) is 12.6. The molecule has 1 aliphatic carbocycles. The Morgan fingerprint density at radius 1 is 0.836 bits per heavy atom. The quantitative estimate of drug-likeness (QED) is 0.0651. The third-order valence-corrected chi connectivity index (χ3v) is 12.1. The van der Waals surface area contributed by atoms with E-state index in [2.05, 4.69) is 113 Å². The Morgan fingerprint density at radius 3 is 2.36 bits per heavy atom. The van der Waals surface area contributed by atoms with Crippen LogP contribution < -0.4 is 10.6 Å². The number of aromatic nitrogens is 6. The fourth-order valence-corrected chi connectivity index (χ4v) is 8.27. The van der Waals surface area contributed by atoms with E-state index in [1.54, 1.807) is 18.5 Å². The summed E-state index contributed by atoms with van der Waals surface area (Å²) in [6, 6.07) is 35.2. The molecule has 15 heteroatoms. The van der Waals surface area contributed by atoms with Crippen LogP contribution in [0, 0.1) is 13.8 Å². The predicted octanol–water partition coefficient (Wildman–Crippen LogP) is 12.1. The molecule has 0 fully saturated rings. The Labute approximate surface area is 396 Å². The average Bonchev–Trinajstić information content (AvgIpc) is 3.97. The largest absolute Gasteiger partial charge is 0.508 e. The van der Waals surface area contributed by atoms with Crippen LogP contribution in [0.5, 0.6) is 11.6 Å². The number of aromatic amines is 2. The highest BCUT2D eigenvalue weighted by molar-refractivity contribution is 9.10. The van der Waals surface area contributed by atoms with E-state index in [0.29, 0.717) is 48.1 Å². The number of hydrogen-bond donors (Lipinski definition) is 7. The number of phenolic OH excluding ortho intramolecular Hbond substituents is 1. The van der Waals surface area contributed by atoms with Crippen LogP contribution in [0.1, 0.15) is 61.1 Å². The van der Waals surface area contributed by atoms with E-state index >= 15 is 0 Å². The van der Waals surface area contributed by atoms with Gasteiger partial charge in [-0.05, 0) is 93.8 Å². The highest BCUT2D eigenvalue weighted by Crippen LogP contribution is 2.38. The predicted molar refractivity (Wildman–Crippen MR) is 270 cm³/mol. The molecule has 1 aliphatic rings. The van der Waals surface area contributed by atoms with Gasteiger partial charge in [0.25, 0.3) is 0 Å². The standard InChI is InChI=1S/C19H26N6O2.C18H15NO.C15H12BrN3O/c1-4-14(10-26)22-19-23-17(20-9-13-7-5-6-8-15(13)27)16-18(24-19)25(11-21-16)12(2)3;1-11-6-7-17-15(8-11)16-10-13(20)9-12-4-2-3-5-14(12)18(16)19-17;1-9-2-5-11(6-3-9)18-19-14-12-7-4-10(16)8-13(12)17-15(14)20/h5-8,11-12,14,26-27H,4,9-10H2,1-3H3,(H2,20,22,23,24);2-8,19H,9-10H2,1H3;2-8,17,20H,1H3/t14-;;/m1../s1. The van der Waals surface area contributed by atoms with Gasteiger partial charge < -0.3 is 40.5 Å². The summed E-state index contributed by atoms with van der Waals surface area (Å²) in [7, 11) is 0. The minimum absolute atomic E-state index is 0.00197. The molecule has 0 spiro atoms. The van der Waals surface area contributed by atoms with Crippen molar-refractivity contribution >= 4 is 77.8 Å². The lowest BCUT2D eigenvalue weighted by molar-refractivity contribution is -0.117. The van der Waals surface area contributed by atoms with E-state index in [1.165, 1.54) is 22.1 Å². The number of halogens is 1. The van der Waals surface area contributed by atoms with E-state index in [-0.39, 0.29) is 30.3 Å². The number of H-pyrrole nitrogens is 2. The Bertz CT molecular complexity index is 3220. The minimum atomic E-state index is -0.121. The highest BCUT2D eigenvalue weighted by atomic mass is 79.9. The first kappa shape index (κ1) is 46.2. The molecule has 0 radical (unpaired) electrons. The second-order valence-corrected chi connectivity index (χ2v) is 17.8. The summed E-state index contributed by atoms with van der Waals surface area (Å²) in [5, 5.41) is 46.1. The number of phenols is 1. The first-order valence-electron chi connectivity index (χ1n) is 22.2. The number of fused-ring (bicyclic) bond motifs is 7. The zero-order valence-corrected chi connectivity index (χ0v) is 39.6. The zero-order valence-electron chi connectivity index (χ0n) is 38.0. The van der Waals surface area contributed by atoms with Crippen LogP contribution in [0.2, 0.25) is 0 Å². The number of aliphatic hydroxyl groups excluding tert-OH is 1. The van der Waals surface area contributed by atoms with Gasteiger partial charge in [-0.3, -0.25) is 4.79 Å². The molecule has 0 bridgehead atoms. The number of ketones is 1. The second-order valence-electron chi connectivity index (χ2n) is 16.9. The van der Waals surface area contributed by atoms with Crippen LogP contribution in [-0.2, 0) is 24.2 Å². The second kappa shape index (κ2) is 20.4. The monoisotopic (exact) mass is 960 g/mol. The number of nitrogens with zero attached hydrogens (tertiary/aromatic N) is 6.